The second-order valence-corrected chi connectivity index (χ2v) is 4.67. The molecule has 0 aliphatic carbocycles. The van der Waals surface area contributed by atoms with Gasteiger partial charge in [0.05, 0.1) is 11.1 Å². The zero-order valence-electron chi connectivity index (χ0n) is 11.6. The maximum Gasteiger partial charge on any atom is 0.344 e. The molecular formula is C14H10N4O5. The number of hydrogen-bond acceptors (Lipinski definition) is 6. The van der Waals surface area contributed by atoms with Gasteiger partial charge in [0.2, 0.25) is 5.91 Å². The Kier molecular flexibility index (Phi) is 3.59. The van der Waals surface area contributed by atoms with Crippen LogP contribution in [0.1, 0.15) is 5.76 Å². The van der Waals surface area contributed by atoms with Gasteiger partial charge in [-0.25, -0.2) is 9.80 Å². The van der Waals surface area contributed by atoms with E-state index < -0.39 is 16.9 Å². The van der Waals surface area contributed by atoms with Crippen molar-refractivity contribution < 1.29 is 18.9 Å². The van der Waals surface area contributed by atoms with Crippen molar-refractivity contribution in [1.29, 1.82) is 0 Å². The van der Waals surface area contributed by atoms with Crippen molar-refractivity contribution in [2.45, 2.75) is 0 Å². The predicted molar refractivity (Wildman–Crippen MR) is 78.6 cm³/mol. The SMILES string of the molecule is O=C1CN(/N=C/c2ccc(-c3cccc([N+](=O)[O-])c3)o2)C(=O)N1. The molecule has 2 heterocycles. The van der Waals surface area contributed by atoms with Crippen LogP contribution in [0, 0.1) is 10.1 Å². The normalized spacial score (nSPS) is 14.5. The smallest absolute Gasteiger partial charge is 0.344 e. The number of hydrogen-bond donors (Lipinski definition) is 1. The molecule has 0 spiro atoms. The van der Waals surface area contributed by atoms with Gasteiger partial charge >= 0.3 is 6.03 Å². The molecule has 9 heteroatoms. The lowest BCUT2D eigenvalue weighted by Crippen LogP contribution is -2.24. The van der Waals surface area contributed by atoms with E-state index in [4.69, 9.17) is 4.42 Å². The standard InChI is InChI=1S/C14H10N4O5/c19-13-8-17(14(20)16-13)15-7-11-4-5-12(23-11)9-2-1-3-10(6-9)18(21)22/h1-7H,8H2,(H,16,19,20)/b15-7+. The number of benzene rings is 1. The van der Waals surface area contributed by atoms with Crippen molar-refractivity contribution in [1.82, 2.24) is 10.3 Å². The monoisotopic (exact) mass is 314 g/mol. The fourth-order valence-corrected chi connectivity index (χ4v) is 2.00. The molecule has 0 radical (unpaired) electrons. The van der Waals surface area contributed by atoms with Crippen molar-refractivity contribution in [2.24, 2.45) is 5.10 Å². The molecule has 23 heavy (non-hydrogen) atoms. The molecule has 1 N–H and O–H groups in total. The van der Waals surface area contributed by atoms with Crippen LogP contribution in [0.25, 0.3) is 11.3 Å². The van der Waals surface area contributed by atoms with Crippen LogP contribution in [0.2, 0.25) is 0 Å². The molecule has 0 unspecified atom stereocenters. The number of furan rings is 1. The number of amides is 3. The summed E-state index contributed by atoms with van der Waals surface area (Å²) < 4.78 is 5.51. The van der Waals surface area contributed by atoms with E-state index in [1.165, 1.54) is 18.3 Å². The van der Waals surface area contributed by atoms with Crippen LogP contribution in [0.5, 0.6) is 0 Å². The summed E-state index contributed by atoms with van der Waals surface area (Å²) in [5.41, 5.74) is 0.509. The van der Waals surface area contributed by atoms with Crippen molar-refractivity contribution in [3.63, 3.8) is 0 Å². The number of rotatable bonds is 4. The van der Waals surface area contributed by atoms with Gasteiger partial charge in [-0.2, -0.15) is 5.10 Å². The fourth-order valence-electron chi connectivity index (χ4n) is 2.00. The van der Waals surface area contributed by atoms with Gasteiger partial charge in [0.15, 0.2) is 0 Å². The minimum Gasteiger partial charge on any atom is -0.455 e. The van der Waals surface area contributed by atoms with E-state index >= 15 is 0 Å². The molecule has 1 aliphatic rings. The Bertz CT molecular complexity index is 826. The molecule has 1 aromatic carbocycles. The highest BCUT2D eigenvalue weighted by molar-refractivity contribution is 6.02. The van der Waals surface area contributed by atoms with Gasteiger partial charge in [0.1, 0.15) is 18.1 Å². The quantitative estimate of drug-likeness (QED) is 0.399. The first-order valence-corrected chi connectivity index (χ1v) is 6.53. The first-order chi connectivity index (χ1) is 11.0. The van der Waals surface area contributed by atoms with Gasteiger partial charge in [-0.05, 0) is 12.1 Å². The van der Waals surface area contributed by atoms with Gasteiger partial charge in [-0.1, -0.05) is 12.1 Å². The summed E-state index contributed by atoms with van der Waals surface area (Å²) in [6.45, 7) is -0.145. The topological polar surface area (TPSA) is 118 Å². The Hall–Kier alpha value is -3.49. The maximum atomic E-state index is 11.3. The number of urea groups is 1. The van der Waals surface area contributed by atoms with Gasteiger partial charge in [0.25, 0.3) is 5.69 Å². The molecule has 1 fully saturated rings. The number of hydrazone groups is 1. The van der Waals surface area contributed by atoms with Crippen molar-refractivity contribution in [2.75, 3.05) is 6.54 Å². The van der Waals surface area contributed by atoms with Crippen LogP contribution < -0.4 is 5.32 Å². The zero-order valence-corrected chi connectivity index (χ0v) is 11.6. The third-order valence-corrected chi connectivity index (χ3v) is 3.07. The second-order valence-electron chi connectivity index (χ2n) is 4.67. The van der Waals surface area contributed by atoms with Crippen LogP contribution >= 0.6 is 0 Å². The molecular weight excluding hydrogens is 304 g/mol. The second kappa shape index (κ2) is 5.72. The first-order valence-electron chi connectivity index (χ1n) is 6.53. The van der Waals surface area contributed by atoms with Crippen LogP contribution in [0.3, 0.4) is 0 Å². The molecule has 0 atom stereocenters. The van der Waals surface area contributed by atoms with E-state index in [2.05, 4.69) is 10.4 Å². The van der Waals surface area contributed by atoms with Crippen LogP contribution in [-0.4, -0.2) is 34.6 Å². The van der Waals surface area contributed by atoms with Crippen molar-refractivity contribution >= 4 is 23.8 Å². The van der Waals surface area contributed by atoms with Crippen LogP contribution in [0.15, 0.2) is 45.9 Å². The van der Waals surface area contributed by atoms with E-state index in [1.807, 2.05) is 0 Å². The number of nitrogens with zero attached hydrogens (tertiary/aromatic N) is 3. The molecule has 3 rings (SSSR count). The number of imide groups is 1. The molecule has 2 aromatic rings. The van der Waals surface area contributed by atoms with Gasteiger partial charge in [-0.3, -0.25) is 20.2 Å². The van der Waals surface area contributed by atoms with E-state index in [-0.39, 0.29) is 12.2 Å². The summed E-state index contributed by atoms with van der Waals surface area (Å²) in [5.74, 6) is 0.347. The van der Waals surface area contributed by atoms with E-state index in [1.54, 1.807) is 24.3 Å². The average Bonchev–Trinajstić information content (AvgIpc) is 3.11. The summed E-state index contributed by atoms with van der Waals surface area (Å²) in [7, 11) is 0. The lowest BCUT2D eigenvalue weighted by atomic mass is 10.1. The van der Waals surface area contributed by atoms with Crippen molar-refractivity contribution in [3.05, 3.63) is 52.3 Å². The summed E-state index contributed by atoms with van der Waals surface area (Å²) in [6, 6.07) is 8.66. The minimum atomic E-state index is -0.600. The Morgan fingerprint density at radius 2 is 2.13 bits per heavy atom. The lowest BCUT2D eigenvalue weighted by Gasteiger charge is -2.02. The van der Waals surface area contributed by atoms with Gasteiger partial charge in [-0.15, -0.1) is 0 Å². The summed E-state index contributed by atoms with van der Waals surface area (Å²) >= 11 is 0. The number of carbonyl (C=O) groups is 2. The molecule has 9 nitrogen and oxygen atoms in total. The van der Waals surface area contributed by atoms with Crippen LogP contribution in [-0.2, 0) is 4.79 Å². The number of carbonyl (C=O) groups excluding carboxylic acids is 2. The van der Waals surface area contributed by atoms with E-state index in [0.29, 0.717) is 17.1 Å². The molecule has 1 aromatic heterocycles. The summed E-state index contributed by atoms with van der Waals surface area (Å²) in [6.07, 6.45) is 1.29. The predicted octanol–water partition coefficient (Wildman–Crippen LogP) is 1.74. The van der Waals surface area contributed by atoms with Gasteiger partial charge < -0.3 is 4.42 Å². The molecule has 116 valence electrons. The summed E-state index contributed by atoms with van der Waals surface area (Å²) in [4.78, 5) is 32.6. The highest BCUT2D eigenvalue weighted by Crippen LogP contribution is 2.25. The molecule has 1 aliphatic heterocycles. The first kappa shape index (κ1) is 14.4. The van der Waals surface area contributed by atoms with E-state index in [0.717, 1.165) is 5.01 Å². The number of non-ortho nitro benzene ring substituents is 1. The molecule has 1 saturated heterocycles. The average molecular weight is 314 g/mol. The largest absolute Gasteiger partial charge is 0.455 e. The Balaban J connectivity index is 1.78. The van der Waals surface area contributed by atoms with Crippen molar-refractivity contribution in [3.8, 4) is 11.3 Å². The third kappa shape index (κ3) is 3.07. The Morgan fingerprint density at radius 3 is 2.83 bits per heavy atom. The lowest BCUT2D eigenvalue weighted by molar-refractivity contribution is -0.384. The highest BCUT2D eigenvalue weighted by atomic mass is 16.6. The maximum absolute atomic E-state index is 11.3. The molecule has 0 saturated carbocycles. The minimum absolute atomic E-state index is 0.0404. The molecule has 3 amide bonds. The fraction of sp³-hybridized carbons (Fsp3) is 0.0714. The zero-order chi connectivity index (χ0) is 16.4. The Labute approximate surface area is 129 Å². The molecule has 0 bridgehead atoms. The number of nitro groups is 1. The third-order valence-electron chi connectivity index (χ3n) is 3.07. The number of nitro benzene ring substituents is 1. The van der Waals surface area contributed by atoms with Crippen LogP contribution in [0.4, 0.5) is 10.5 Å². The summed E-state index contributed by atoms with van der Waals surface area (Å²) in [5, 5.41) is 17.7. The number of nitrogens with one attached hydrogen (secondary N) is 1. The van der Waals surface area contributed by atoms with E-state index in [9.17, 15) is 19.7 Å². The highest BCUT2D eigenvalue weighted by Gasteiger charge is 2.26. The van der Waals surface area contributed by atoms with Gasteiger partial charge in [0, 0.05) is 17.7 Å². The Morgan fingerprint density at radius 1 is 1.30 bits per heavy atom.